The van der Waals surface area contributed by atoms with E-state index < -0.39 is 10.0 Å². The molecule has 0 radical (unpaired) electrons. The van der Waals surface area contributed by atoms with Gasteiger partial charge in [0.1, 0.15) is 10.6 Å². The van der Waals surface area contributed by atoms with Crippen LogP contribution in [0.2, 0.25) is 0 Å². The van der Waals surface area contributed by atoms with Gasteiger partial charge in [-0.25, -0.2) is 8.42 Å². The van der Waals surface area contributed by atoms with Gasteiger partial charge in [0, 0.05) is 32.4 Å². The zero-order chi connectivity index (χ0) is 17.4. The van der Waals surface area contributed by atoms with Gasteiger partial charge in [0.25, 0.3) is 5.91 Å². The molecule has 1 aromatic carbocycles. The lowest BCUT2D eigenvalue weighted by Crippen LogP contribution is -2.35. The van der Waals surface area contributed by atoms with Crippen molar-refractivity contribution in [2.45, 2.75) is 30.7 Å². The first-order valence-electron chi connectivity index (χ1n) is 8.60. The number of likely N-dealkylation sites (tertiary alicyclic amines) is 1. The topological polar surface area (TPSA) is 73.5 Å². The van der Waals surface area contributed by atoms with Gasteiger partial charge in [0.2, 0.25) is 10.0 Å². The molecule has 0 aliphatic carbocycles. The van der Waals surface area contributed by atoms with Gasteiger partial charge in [-0.3, -0.25) is 4.79 Å². The van der Waals surface area contributed by atoms with Crippen LogP contribution in [0, 0.1) is 0 Å². The summed E-state index contributed by atoms with van der Waals surface area (Å²) in [6.07, 6.45) is 4.15. The van der Waals surface area contributed by atoms with Gasteiger partial charge in [-0.15, -0.1) is 0 Å². The molecule has 25 heavy (non-hydrogen) atoms. The zero-order valence-electron chi connectivity index (χ0n) is 13.9. The van der Waals surface area contributed by atoms with Gasteiger partial charge in [-0.05, 0) is 36.5 Å². The Labute approximate surface area is 147 Å². The molecule has 2 aliphatic rings. The fourth-order valence-electron chi connectivity index (χ4n) is 3.56. The van der Waals surface area contributed by atoms with Crippen molar-refractivity contribution in [1.82, 2.24) is 14.2 Å². The van der Waals surface area contributed by atoms with Crippen LogP contribution in [0.15, 0.2) is 41.4 Å². The highest BCUT2D eigenvalue weighted by molar-refractivity contribution is 7.89. The van der Waals surface area contributed by atoms with Crippen molar-refractivity contribution in [3.05, 3.63) is 53.3 Å². The zero-order valence-corrected chi connectivity index (χ0v) is 14.8. The number of amides is 1. The lowest BCUT2D eigenvalue weighted by molar-refractivity contribution is 0.0787. The lowest BCUT2D eigenvalue weighted by atomic mass is 10.0. The minimum atomic E-state index is -3.61. The van der Waals surface area contributed by atoms with E-state index >= 15 is 0 Å². The number of hydrogen-bond donors (Lipinski definition) is 1. The highest BCUT2D eigenvalue weighted by atomic mass is 32.2. The number of benzene rings is 1. The second-order valence-corrected chi connectivity index (χ2v) is 8.54. The van der Waals surface area contributed by atoms with Gasteiger partial charge in [-0.1, -0.05) is 24.3 Å². The molecule has 6 nitrogen and oxygen atoms in total. The first kappa shape index (κ1) is 16.4. The van der Waals surface area contributed by atoms with Crippen LogP contribution in [0.4, 0.5) is 0 Å². The fraction of sp³-hybridized carbons (Fsp3) is 0.389. The number of nitrogens with one attached hydrogen (secondary N) is 1. The van der Waals surface area contributed by atoms with Crippen molar-refractivity contribution >= 4 is 15.9 Å². The number of carbonyl (C=O) groups is 1. The molecule has 7 heteroatoms. The van der Waals surface area contributed by atoms with Crippen molar-refractivity contribution in [2.24, 2.45) is 0 Å². The summed E-state index contributed by atoms with van der Waals surface area (Å²) in [5.74, 6) is -0.122. The molecule has 132 valence electrons. The van der Waals surface area contributed by atoms with E-state index in [2.05, 4.69) is 4.98 Å². The minimum absolute atomic E-state index is 0.122. The number of aromatic amines is 1. The molecule has 1 amide bonds. The highest BCUT2D eigenvalue weighted by Crippen LogP contribution is 2.25. The van der Waals surface area contributed by atoms with Crippen molar-refractivity contribution in [2.75, 3.05) is 19.6 Å². The lowest BCUT2D eigenvalue weighted by Gasteiger charge is -2.27. The van der Waals surface area contributed by atoms with E-state index in [0.717, 1.165) is 31.5 Å². The van der Waals surface area contributed by atoms with Crippen LogP contribution >= 0.6 is 0 Å². The predicted octanol–water partition coefficient (Wildman–Crippen LogP) is 2.00. The molecule has 0 unspecified atom stereocenters. The Balaban J connectivity index is 1.56. The van der Waals surface area contributed by atoms with E-state index in [1.54, 1.807) is 4.90 Å². The maximum atomic E-state index is 12.9. The second kappa shape index (κ2) is 6.31. The Morgan fingerprint density at radius 1 is 1.04 bits per heavy atom. The van der Waals surface area contributed by atoms with Crippen molar-refractivity contribution in [1.29, 1.82) is 0 Å². The summed E-state index contributed by atoms with van der Waals surface area (Å²) in [4.78, 5) is 17.2. The maximum Gasteiger partial charge on any atom is 0.270 e. The summed E-state index contributed by atoms with van der Waals surface area (Å²) in [6, 6.07) is 9.39. The van der Waals surface area contributed by atoms with E-state index in [0.29, 0.717) is 25.2 Å². The fourth-order valence-corrected chi connectivity index (χ4v) is 4.97. The van der Waals surface area contributed by atoms with E-state index in [-0.39, 0.29) is 10.8 Å². The molecule has 0 atom stereocenters. The Morgan fingerprint density at radius 2 is 1.76 bits per heavy atom. The van der Waals surface area contributed by atoms with Crippen LogP contribution in [-0.2, 0) is 23.0 Å². The van der Waals surface area contributed by atoms with Gasteiger partial charge in [0.05, 0.1) is 0 Å². The molecule has 1 aromatic heterocycles. The van der Waals surface area contributed by atoms with Crippen molar-refractivity contribution in [3.8, 4) is 0 Å². The molecule has 0 spiro atoms. The van der Waals surface area contributed by atoms with E-state index in [4.69, 9.17) is 0 Å². The van der Waals surface area contributed by atoms with Crippen LogP contribution in [-0.4, -0.2) is 48.1 Å². The van der Waals surface area contributed by atoms with Gasteiger partial charge in [0.15, 0.2) is 0 Å². The summed E-state index contributed by atoms with van der Waals surface area (Å²) in [6.45, 7) is 2.31. The average molecular weight is 359 g/mol. The van der Waals surface area contributed by atoms with Gasteiger partial charge < -0.3 is 9.88 Å². The molecule has 2 aromatic rings. The Morgan fingerprint density at radius 3 is 2.52 bits per heavy atom. The number of carbonyl (C=O) groups excluding carboxylic acids is 1. The van der Waals surface area contributed by atoms with E-state index in [1.807, 2.05) is 24.3 Å². The SMILES string of the molecule is O=C(c1cc(S(=O)(=O)N2CCc3ccccc3C2)c[nH]1)N1CCCC1. The summed E-state index contributed by atoms with van der Waals surface area (Å²) in [5, 5.41) is 0. The summed E-state index contributed by atoms with van der Waals surface area (Å²) < 4.78 is 27.4. The largest absolute Gasteiger partial charge is 0.356 e. The standard InChI is InChI=1S/C18H21N3O3S/c22-18(20-8-3-4-9-20)17-11-16(12-19-17)25(23,24)21-10-7-14-5-1-2-6-15(14)13-21/h1-2,5-6,11-12,19H,3-4,7-10,13H2. The number of rotatable bonds is 3. The molecular formula is C18H21N3O3S. The Hall–Kier alpha value is -2.12. The normalized spacial score (nSPS) is 18.3. The summed E-state index contributed by atoms with van der Waals surface area (Å²) in [5.41, 5.74) is 2.59. The molecule has 3 heterocycles. The van der Waals surface area contributed by atoms with Gasteiger partial charge >= 0.3 is 0 Å². The Kier molecular flexibility index (Phi) is 4.13. The number of fused-ring (bicyclic) bond motifs is 1. The number of nitrogens with zero attached hydrogens (tertiary/aromatic N) is 2. The first-order chi connectivity index (χ1) is 12.1. The van der Waals surface area contributed by atoms with Crippen LogP contribution in [0.5, 0.6) is 0 Å². The molecule has 2 aliphatic heterocycles. The summed E-state index contributed by atoms with van der Waals surface area (Å²) >= 11 is 0. The predicted molar refractivity (Wildman–Crippen MR) is 93.7 cm³/mol. The van der Waals surface area contributed by atoms with Crippen LogP contribution in [0.3, 0.4) is 0 Å². The van der Waals surface area contributed by atoms with Crippen LogP contribution in [0.1, 0.15) is 34.5 Å². The maximum absolute atomic E-state index is 12.9. The molecule has 0 bridgehead atoms. The van der Waals surface area contributed by atoms with Crippen LogP contribution in [0.25, 0.3) is 0 Å². The number of H-pyrrole nitrogens is 1. The number of sulfonamides is 1. The minimum Gasteiger partial charge on any atom is -0.356 e. The third-order valence-electron chi connectivity index (χ3n) is 5.01. The monoisotopic (exact) mass is 359 g/mol. The molecule has 4 rings (SSSR count). The smallest absolute Gasteiger partial charge is 0.270 e. The van der Waals surface area contributed by atoms with E-state index in [1.165, 1.54) is 22.1 Å². The molecule has 0 saturated carbocycles. The van der Waals surface area contributed by atoms with Crippen molar-refractivity contribution < 1.29 is 13.2 Å². The average Bonchev–Trinajstić information content (AvgIpc) is 3.32. The molecule has 1 saturated heterocycles. The van der Waals surface area contributed by atoms with Gasteiger partial charge in [-0.2, -0.15) is 4.31 Å². The highest BCUT2D eigenvalue weighted by Gasteiger charge is 2.30. The molecular weight excluding hydrogens is 338 g/mol. The molecule has 1 N–H and O–H groups in total. The Bertz CT molecular complexity index is 898. The first-order valence-corrected chi connectivity index (χ1v) is 10.0. The summed E-state index contributed by atoms with van der Waals surface area (Å²) in [7, 11) is -3.61. The third kappa shape index (κ3) is 2.98. The van der Waals surface area contributed by atoms with Crippen molar-refractivity contribution in [3.63, 3.8) is 0 Å². The van der Waals surface area contributed by atoms with E-state index in [9.17, 15) is 13.2 Å². The van der Waals surface area contributed by atoms with Crippen LogP contribution < -0.4 is 0 Å². The number of aromatic nitrogens is 1. The molecule has 1 fully saturated rings. The third-order valence-corrected chi connectivity index (χ3v) is 6.84. The quantitative estimate of drug-likeness (QED) is 0.911. The number of hydrogen-bond acceptors (Lipinski definition) is 3. The second-order valence-electron chi connectivity index (χ2n) is 6.61.